The van der Waals surface area contributed by atoms with Crippen LogP contribution in [0.4, 0.5) is 0 Å². The normalized spacial score (nSPS) is 10.0. The predicted molar refractivity (Wildman–Crippen MR) is 35.5 cm³/mol. The summed E-state index contributed by atoms with van der Waals surface area (Å²) in [6.07, 6.45) is 3.60. The third kappa shape index (κ3) is 1.72. The summed E-state index contributed by atoms with van der Waals surface area (Å²) in [7, 11) is 0. The first kappa shape index (κ1) is 6.62. The van der Waals surface area contributed by atoms with Gasteiger partial charge in [0, 0.05) is 0 Å². The van der Waals surface area contributed by atoms with E-state index in [9.17, 15) is 0 Å². The molecule has 0 amide bonds. The molecule has 0 aromatic carbocycles. The number of oxazole rings is 1. The van der Waals surface area contributed by atoms with Crippen LogP contribution < -0.4 is 0 Å². The topological polar surface area (TPSA) is 26.0 Å². The van der Waals surface area contributed by atoms with Crippen LogP contribution in [0.5, 0.6) is 0 Å². The van der Waals surface area contributed by atoms with Crippen LogP contribution in [-0.4, -0.2) is 4.98 Å². The van der Waals surface area contributed by atoms with E-state index < -0.39 is 0 Å². The van der Waals surface area contributed by atoms with Crippen molar-refractivity contribution in [3.63, 3.8) is 0 Å². The third-order valence-electron chi connectivity index (χ3n) is 1.03. The Balaban J connectivity index is 2.61. The van der Waals surface area contributed by atoms with E-state index in [4.69, 9.17) is 16.0 Å². The number of hydrogen-bond acceptors (Lipinski definition) is 2. The molecule has 50 valence electrons. The minimum atomic E-state index is 0.235. The zero-order chi connectivity index (χ0) is 6.69. The molecular weight excluding hydrogens is 138 g/mol. The highest BCUT2D eigenvalue weighted by Crippen LogP contribution is 2.08. The first-order valence-corrected chi connectivity index (χ1v) is 3.30. The number of nitrogens with zero attached hydrogens (tertiary/aromatic N) is 1. The number of hydrogen-bond donors (Lipinski definition) is 0. The van der Waals surface area contributed by atoms with Crippen LogP contribution in [-0.2, 0) is 6.42 Å². The highest BCUT2D eigenvalue weighted by atomic mass is 35.5. The molecule has 0 aliphatic rings. The van der Waals surface area contributed by atoms with Crippen molar-refractivity contribution < 1.29 is 4.42 Å². The summed E-state index contributed by atoms with van der Waals surface area (Å²) in [6, 6.07) is 0. The molecule has 0 saturated heterocycles. The van der Waals surface area contributed by atoms with E-state index in [-0.39, 0.29) is 5.35 Å². The second-order valence-electron chi connectivity index (χ2n) is 1.84. The molecule has 0 radical (unpaired) electrons. The molecule has 0 spiro atoms. The molecule has 1 rings (SSSR count). The van der Waals surface area contributed by atoms with Gasteiger partial charge in [0.05, 0.1) is 5.69 Å². The molecule has 0 aliphatic heterocycles. The Labute approximate surface area is 58.8 Å². The van der Waals surface area contributed by atoms with Gasteiger partial charge in [-0.1, -0.05) is 13.3 Å². The lowest BCUT2D eigenvalue weighted by molar-refractivity contribution is 0.558. The number of rotatable bonds is 2. The maximum atomic E-state index is 5.42. The van der Waals surface area contributed by atoms with Gasteiger partial charge in [0.25, 0.3) is 5.35 Å². The minimum Gasteiger partial charge on any atom is -0.436 e. The fourth-order valence-electron chi connectivity index (χ4n) is 0.653. The van der Waals surface area contributed by atoms with Gasteiger partial charge in [-0.25, -0.2) is 4.98 Å². The van der Waals surface area contributed by atoms with Crippen LogP contribution in [0.1, 0.15) is 19.0 Å². The molecule has 0 N–H and O–H groups in total. The van der Waals surface area contributed by atoms with Gasteiger partial charge in [0.1, 0.15) is 6.26 Å². The standard InChI is InChI=1S/C6H8ClNO/c1-2-3-5-4-9-6(7)8-5/h4H,2-3H2,1H3. The second kappa shape index (κ2) is 2.87. The predicted octanol–water partition coefficient (Wildman–Crippen LogP) is 2.28. The monoisotopic (exact) mass is 145 g/mol. The lowest BCUT2D eigenvalue weighted by Crippen LogP contribution is -1.79. The number of aryl methyl sites for hydroxylation is 1. The fraction of sp³-hybridized carbons (Fsp3) is 0.500. The first-order valence-electron chi connectivity index (χ1n) is 2.93. The average molecular weight is 146 g/mol. The Morgan fingerprint density at radius 3 is 3.00 bits per heavy atom. The maximum absolute atomic E-state index is 5.42. The molecule has 9 heavy (non-hydrogen) atoms. The molecule has 0 bridgehead atoms. The van der Waals surface area contributed by atoms with Crippen molar-refractivity contribution in [3.05, 3.63) is 17.3 Å². The molecule has 1 aromatic heterocycles. The van der Waals surface area contributed by atoms with E-state index in [1.807, 2.05) is 0 Å². The van der Waals surface area contributed by atoms with Crippen molar-refractivity contribution >= 4 is 11.6 Å². The average Bonchev–Trinajstić information content (AvgIpc) is 2.17. The summed E-state index contributed by atoms with van der Waals surface area (Å²) in [5.74, 6) is 0. The van der Waals surface area contributed by atoms with Crippen molar-refractivity contribution in [2.75, 3.05) is 0 Å². The van der Waals surface area contributed by atoms with E-state index in [0.29, 0.717) is 0 Å². The molecule has 2 nitrogen and oxygen atoms in total. The summed E-state index contributed by atoms with van der Waals surface area (Å²) in [5.41, 5.74) is 0.933. The van der Waals surface area contributed by atoms with Gasteiger partial charge in [-0.15, -0.1) is 0 Å². The molecule has 0 saturated carbocycles. The van der Waals surface area contributed by atoms with Crippen molar-refractivity contribution in [3.8, 4) is 0 Å². The summed E-state index contributed by atoms with van der Waals surface area (Å²) < 4.78 is 4.77. The van der Waals surface area contributed by atoms with Gasteiger partial charge in [0.15, 0.2) is 0 Å². The lowest BCUT2D eigenvalue weighted by Gasteiger charge is -1.83. The van der Waals surface area contributed by atoms with Gasteiger partial charge in [-0.05, 0) is 18.0 Å². The van der Waals surface area contributed by atoms with E-state index in [1.54, 1.807) is 6.26 Å². The van der Waals surface area contributed by atoms with Crippen molar-refractivity contribution in [1.82, 2.24) is 4.98 Å². The van der Waals surface area contributed by atoms with Crippen LogP contribution in [0, 0.1) is 0 Å². The van der Waals surface area contributed by atoms with Crippen LogP contribution in [0.3, 0.4) is 0 Å². The number of aromatic nitrogens is 1. The van der Waals surface area contributed by atoms with Crippen LogP contribution in [0.15, 0.2) is 10.7 Å². The van der Waals surface area contributed by atoms with Gasteiger partial charge in [0.2, 0.25) is 0 Å². The molecular formula is C6H8ClNO. The Morgan fingerprint density at radius 1 is 1.78 bits per heavy atom. The highest BCUT2D eigenvalue weighted by Gasteiger charge is 1.97. The number of halogens is 1. The quantitative estimate of drug-likeness (QED) is 0.638. The summed E-state index contributed by atoms with van der Waals surface area (Å²) in [4.78, 5) is 3.90. The summed E-state index contributed by atoms with van der Waals surface area (Å²) in [6.45, 7) is 2.09. The second-order valence-corrected chi connectivity index (χ2v) is 2.17. The van der Waals surface area contributed by atoms with Crippen molar-refractivity contribution in [2.45, 2.75) is 19.8 Å². The molecule has 0 fully saturated rings. The Morgan fingerprint density at radius 2 is 2.56 bits per heavy atom. The van der Waals surface area contributed by atoms with Crippen molar-refractivity contribution in [1.29, 1.82) is 0 Å². The van der Waals surface area contributed by atoms with E-state index >= 15 is 0 Å². The Kier molecular flexibility index (Phi) is 2.11. The Bertz CT molecular complexity index is 185. The zero-order valence-electron chi connectivity index (χ0n) is 5.22. The first-order chi connectivity index (χ1) is 4.33. The van der Waals surface area contributed by atoms with Gasteiger partial charge in [-0.3, -0.25) is 0 Å². The molecule has 0 unspecified atom stereocenters. The van der Waals surface area contributed by atoms with Gasteiger partial charge < -0.3 is 4.42 Å². The smallest absolute Gasteiger partial charge is 0.292 e. The molecule has 1 aromatic rings. The summed E-state index contributed by atoms with van der Waals surface area (Å²) in [5, 5.41) is 0.235. The van der Waals surface area contributed by atoms with Crippen LogP contribution in [0.2, 0.25) is 5.35 Å². The fourth-order valence-corrected chi connectivity index (χ4v) is 0.806. The molecule has 3 heteroatoms. The molecule has 0 atom stereocenters. The minimum absolute atomic E-state index is 0.235. The molecule has 1 heterocycles. The third-order valence-corrected chi connectivity index (χ3v) is 1.20. The maximum Gasteiger partial charge on any atom is 0.292 e. The highest BCUT2D eigenvalue weighted by molar-refractivity contribution is 6.27. The van der Waals surface area contributed by atoms with E-state index in [0.717, 1.165) is 18.5 Å². The van der Waals surface area contributed by atoms with Crippen molar-refractivity contribution in [2.24, 2.45) is 0 Å². The van der Waals surface area contributed by atoms with Crippen LogP contribution in [0.25, 0.3) is 0 Å². The summed E-state index contributed by atoms with van der Waals surface area (Å²) >= 11 is 5.42. The van der Waals surface area contributed by atoms with Gasteiger partial charge in [-0.2, -0.15) is 0 Å². The lowest BCUT2D eigenvalue weighted by atomic mass is 10.3. The molecule has 0 aliphatic carbocycles. The largest absolute Gasteiger partial charge is 0.436 e. The van der Waals surface area contributed by atoms with E-state index in [1.165, 1.54) is 0 Å². The zero-order valence-corrected chi connectivity index (χ0v) is 5.98. The SMILES string of the molecule is CCCc1coc(Cl)n1. The van der Waals surface area contributed by atoms with E-state index in [2.05, 4.69) is 11.9 Å². The van der Waals surface area contributed by atoms with Crippen LogP contribution >= 0.6 is 11.6 Å². The van der Waals surface area contributed by atoms with Gasteiger partial charge >= 0.3 is 0 Å². The Hall–Kier alpha value is -0.500.